The molecule has 0 aliphatic carbocycles. The molecule has 1 aromatic heterocycles. The van der Waals surface area contributed by atoms with E-state index >= 15 is 0 Å². The van der Waals surface area contributed by atoms with Crippen LogP contribution in [-0.2, 0) is 38.1 Å². The van der Waals surface area contributed by atoms with Crippen LogP contribution in [0.15, 0.2) is 33.7 Å². The molecule has 2 saturated heterocycles. The number of methoxy groups -OCH3 is 1. The second-order valence-corrected chi connectivity index (χ2v) is 9.88. The fourth-order valence-electron chi connectivity index (χ4n) is 4.93. The summed E-state index contributed by atoms with van der Waals surface area (Å²) < 4.78 is 28.2. The lowest BCUT2D eigenvalue weighted by molar-refractivity contribution is -0.241. The van der Waals surface area contributed by atoms with Crippen molar-refractivity contribution in [1.82, 2.24) is 20.2 Å². The second-order valence-electron chi connectivity index (χ2n) is 9.88. The highest BCUT2D eigenvalue weighted by molar-refractivity contribution is 5.95. The Morgan fingerprint density at radius 1 is 1.16 bits per heavy atom. The Balaban J connectivity index is 1.58. The third-order valence-corrected chi connectivity index (χ3v) is 6.99. The summed E-state index contributed by atoms with van der Waals surface area (Å²) >= 11 is 0. The lowest BCUT2D eigenvalue weighted by Gasteiger charge is -2.35. The fourth-order valence-corrected chi connectivity index (χ4v) is 4.93. The topological polar surface area (TPSA) is 286 Å². The van der Waals surface area contributed by atoms with E-state index in [-0.39, 0.29) is 0 Å². The first-order valence-corrected chi connectivity index (χ1v) is 13.1. The number of aliphatic hydroxyl groups excluding tert-OH is 2. The Hall–Kier alpha value is -4.30. The molecule has 0 spiro atoms. The van der Waals surface area contributed by atoms with E-state index in [2.05, 4.69) is 10.6 Å². The van der Waals surface area contributed by atoms with Gasteiger partial charge in [-0.3, -0.25) is 28.7 Å². The van der Waals surface area contributed by atoms with Crippen molar-refractivity contribution in [2.45, 2.75) is 74.4 Å². The zero-order chi connectivity index (χ0) is 31.4. The van der Waals surface area contributed by atoms with E-state index in [9.17, 15) is 39.0 Å². The molecular weight excluding hydrogens is 580 g/mol. The van der Waals surface area contributed by atoms with Crippen molar-refractivity contribution in [3.05, 3.63) is 44.9 Å². The van der Waals surface area contributed by atoms with Gasteiger partial charge in [-0.05, 0) is 25.3 Å². The number of primary amides is 2. The molecular formula is C24H32N6O13. The van der Waals surface area contributed by atoms with E-state index in [4.69, 9.17) is 35.2 Å². The first-order valence-electron chi connectivity index (χ1n) is 13.1. The predicted molar refractivity (Wildman–Crippen MR) is 138 cm³/mol. The molecule has 3 aliphatic heterocycles. The molecule has 2 fully saturated rings. The molecule has 0 radical (unpaired) electrons. The van der Waals surface area contributed by atoms with Crippen LogP contribution in [0.1, 0.15) is 25.5 Å². The zero-order valence-electron chi connectivity index (χ0n) is 22.7. The molecule has 19 heteroatoms. The lowest BCUT2D eigenvalue weighted by atomic mass is 10.0. The van der Waals surface area contributed by atoms with E-state index in [0.29, 0.717) is 19.4 Å². The summed E-state index contributed by atoms with van der Waals surface area (Å²) in [6, 6.07) is 0.0974. The maximum absolute atomic E-state index is 12.9. The minimum atomic E-state index is -1.90. The van der Waals surface area contributed by atoms with Crippen molar-refractivity contribution in [3.63, 3.8) is 0 Å². The van der Waals surface area contributed by atoms with Crippen LogP contribution in [0, 0.1) is 0 Å². The number of ether oxygens (including phenoxy) is 5. The molecule has 0 bridgehead atoms. The normalized spacial score (nSPS) is 31.5. The van der Waals surface area contributed by atoms with E-state index < -0.39 is 96.0 Å². The number of aromatic amines is 1. The summed E-state index contributed by atoms with van der Waals surface area (Å²) in [6.45, 7) is 0.453. The molecule has 4 rings (SSSR count). The number of carbonyl (C=O) groups is 4. The van der Waals surface area contributed by atoms with Crippen molar-refractivity contribution in [3.8, 4) is 0 Å². The number of rotatable bonds is 9. The summed E-state index contributed by atoms with van der Waals surface area (Å²) in [5, 5.41) is 26.1. The standard InChI is InChI=1S/C24H32N6O13/c1-39-14-15(41-21(17(14)43-23(26)37)30-7-5-12(32)29-24(30)38)16(18(25)34)42-22-13(33)10(31)8-11(40-22)20(36)28-9-4-2-3-6-27-19(9)35/h5,7-10,13-17,21-22,31,33H,2-4,6H2,1H3,(H2,25,34)(H2,26,37)(H,27,35)(H,28,36)(H,29,32,38)/t9-,10+,13+,14-,15+,16-,17-,21+,22-/m1/s1. The number of aromatic nitrogens is 2. The van der Waals surface area contributed by atoms with Gasteiger partial charge in [-0.1, -0.05) is 0 Å². The Morgan fingerprint density at radius 2 is 1.91 bits per heavy atom. The van der Waals surface area contributed by atoms with Gasteiger partial charge in [0.2, 0.25) is 18.1 Å². The highest BCUT2D eigenvalue weighted by Gasteiger charge is 2.54. The molecule has 0 unspecified atom stereocenters. The van der Waals surface area contributed by atoms with Gasteiger partial charge in [0.25, 0.3) is 11.5 Å². The first kappa shape index (κ1) is 31.6. The van der Waals surface area contributed by atoms with Gasteiger partial charge in [-0.15, -0.1) is 0 Å². The summed E-state index contributed by atoms with van der Waals surface area (Å²) in [4.78, 5) is 75.5. The monoisotopic (exact) mass is 612 g/mol. The van der Waals surface area contributed by atoms with Gasteiger partial charge in [0.05, 0.1) is 0 Å². The number of carbonyl (C=O) groups excluding carboxylic acids is 4. The fraction of sp³-hybridized carbons (Fsp3) is 0.583. The third kappa shape index (κ3) is 7.03. The van der Waals surface area contributed by atoms with Gasteiger partial charge in [-0.2, -0.15) is 0 Å². The van der Waals surface area contributed by atoms with Crippen LogP contribution < -0.4 is 33.3 Å². The van der Waals surface area contributed by atoms with Crippen LogP contribution in [0.25, 0.3) is 0 Å². The number of nitrogens with one attached hydrogen (secondary N) is 3. The number of nitrogens with two attached hydrogens (primary N) is 2. The average molecular weight is 613 g/mol. The van der Waals surface area contributed by atoms with E-state index in [0.717, 1.165) is 36.4 Å². The van der Waals surface area contributed by atoms with Gasteiger partial charge in [-0.25, -0.2) is 9.59 Å². The van der Waals surface area contributed by atoms with Crippen molar-refractivity contribution in [2.75, 3.05) is 13.7 Å². The Morgan fingerprint density at radius 3 is 2.56 bits per heavy atom. The molecule has 1 aromatic rings. The van der Waals surface area contributed by atoms with Crippen molar-refractivity contribution in [2.24, 2.45) is 11.5 Å². The number of H-pyrrole nitrogens is 1. The Bertz CT molecular complexity index is 1380. The minimum Gasteiger partial charge on any atom is -0.456 e. The predicted octanol–water partition coefficient (Wildman–Crippen LogP) is -4.47. The molecule has 3 aliphatic rings. The number of aliphatic hydroxyl groups is 2. The molecule has 0 aromatic carbocycles. The van der Waals surface area contributed by atoms with E-state index in [1.807, 2.05) is 4.98 Å². The minimum absolute atomic E-state index is 0.352. The smallest absolute Gasteiger partial charge is 0.405 e. The lowest BCUT2D eigenvalue weighted by Crippen LogP contribution is -2.54. The largest absolute Gasteiger partial charge is 0.456 e. The summed E-state index contributed by atoms with van der Waals surface area (Å²) in [5.41, 5.74) is 9.06. The van der Waals surface area contributed by atoms with Gasteiger partial charge in [0, 0.05) is 25.9 Å². The molecule has 0 saturated carbocycles. The van der Waals surface area contributed by atoms with E-state index in [1.165, 1.54) is 0 Å². The molecule has 9 N–H and O–H groups in total. The molecule has 19 nitrogen and oxygen atoms in total. The maximum atomic E-state index is 12.9. The highest BCUT2D eigenvalue weighted by atomic mass is 16.7. The first-order chi connectivity index (χ1) is 20.4. The average Bonchev–Trinajstić information content (AvgIpc) is 3.15. The maximum Gasteiger partial charge on any atom is 0.405 e. The quantitative estimate of drug-likeness (QED) is 0.139. The van der Waals surface area contributed by atoms with E-state index in [1.54, 1.807) is 0 Å². The van der Waals surface area contributed by atoms with Gasteiger partial charge >= 0.3 is 11.8 Å². The molecule has 43 heavy (non-hydrogen) atoms. The number of amides is 4. The van der Waals surface area contributed by atoms with Crippen molar-refractivity contribution in [1.29, 1.82) is 0 Å². The number of nitrogens with zero attached hydrogens (tertiary/aromatic N) is 1. The van der Waals surface area contributed by atoms with Gasteiger partial charge in [0.15, 0.2) is 24.2 Å². The van der Waals surface area contributed by atoms with Gasteiger partial charge < -0.3 is 56.0 Å². The zero-order valence-corrected chi connectivity index (χ0v) is 22.7. The molecule has 9 atom stereocenters. The Kier molecular flexibility index (Phi) is 9.81. The summed E-state index contributed by atoms with van der Waals surface area (Å²) in [6.07, 6.45) is -10.9. The number of hydrogen-bond donors (Lipinski definition) is 7. The van der Waals surface area contributed by atoms with Crippen LogP contribution in [0.3, 0.4) is 0 Å². The van der Waals surface area contributed by atoms with Crippen LogP contribution >= 0.6 is 0 Å². The van der Waals surface area contributed by atoms with Crippen LogP contribution in [-0.4, -0.2) is 106 Å². The summed E-state index contributed by atoms with van der Waals surface area (Å²) in [5.74, 6) is -3.04. The molecule has 4 amide bonds. The van der Waals surface area contributed by atoms with Crippen LogP contribution in [0.5, 0.6) is 0 Å². The second kappa shape index (κ2) is 13.3. The third-order valence-electron chi connectivity index (χ3n) is 6.99. The van der Waals surface area contributed by atoms with Crippen LogP contribution in [0.4, 0.5) is 4.79 Å². The molecule has 4 heterocycles. The summed E-state index contributed by atoms with van der Waals surface area (Å²) in [7, 11) is 1.15. The SMILES string of the molecule is CO[C@H]1[C@@H](OC(N)=O)[C@@H](n2ccc(=O)[nH]c2=O)O[C@@H]1[C@@H](O[C@H]1OC(C(=O)N[C@@H]2CCCCNC2=O)=C[C@H](O)[C@@H]1O)C(N)=O. The van der Waals surface area contributed by atoms with Crippen molar-refractivity contribution >= 4 is 23.8 Å². The van der Waals surface area contributed by atoms with Gasteiger partial charge in [0.1, 0.15) is 30.5 Å². The van der Waals surface area contributed by atoms with Crippen molar-refractivity contribution < 1.29 is 53.1 Å². The molecule has 236 valence electrons. The Labute approximate surface area is 242 Å². The number of hydrogen-bond acceptors (Lipinski definition) is 13. The van der Waals surface area contributed by atoms with Crippen LogP contribution in [0.2, 0.25) is 0 Å². The highest BCUT2D eigenvalue weighted by Crippen LogP contribution is 2.36.